The van der Waals surface area contributed by atoms with E-state index in [1.165, 1.54) is 38.8 Å². The van der Waals surface area contributed by atoms with E-state index in [-0.39, 0.29) is 5.54 Å². The van der Waals surface area contributed by atoms with Crippen molar-refractivity contribution in [1.29, 1.82) is 0 Å². The summed E-state index contributed by atoms with van der Waals surface area (Å²) in [6.07, 6.45) is 5.24. The van der Waals surface area contributed by atoms with E-state index in [0.29, 0.717) is 11.3 Å². The minimum Gasteiger partial charge on any atom is -0.329 e. The molecule has 0 bridgehead atoms. The van der Waals surface area contributed by atoms with Crippen LogP contribution in [-0.4, -0.2) is 55.1 Å². The quantitative estimate of drug-likeness (QED) is 0.847. The highest BCUT2D eigenvalue weighted by molar-refractivity contribution is 5.06. The number of likely N-dealkylation sites (tertiary alicyclic amines) is 1. The van der Waals surface area contributed by atoms with Gasteiger partial charge in [0.05, 0.1) is 0 Å². The van der Waals surface area contributed by atoms with Crippen molar-refractivity contribution in [3.8, 4) is 0 Å². The van der Waals surface area contributed by atoms with Gasteiger partial charge in [0.1, 0.15) is 0 Å². The lowest BCUT2D eigenvalue weighted by Gasteiger charge is -2.44. The molecule has 2 aliphatic rings. The zero-order chi connectivity index (χ0) is 14.3. The molecule has 3 heteroatoms. The van der Waals surface area contributed by atoms with Crippen molar-refractivity contribution in [2.75, 3.05) is 33.7 Å². The molecule has 1 saturated heterocycles. The Morgan fingerprint density at radius 2 is 2.05 bits per heavy atom. The van der Waals surface area contributed by atoms with Crippen LogP contribution in [0.2, 0.25) is 0 Å². The van der Waals surface area contributed by atoms with E-state index in [2.05, 4.69) is 44.7 Å². The molecule has 3 atom stereocenters. The summed E-state index contributed by atoms with van der Waals surface area (Å²) in [6.45, 7) is 10.4. The Balaban J connectivity index is 2.08. The fourth-order valence-corrected chi connectivity index (χ4v) is 4.74. The largest absolute Gasteiger partial charge is 0.329 e. The van der Waals surface area contributed by atoms with Gasteiger partial charge in [-0.25, -0.2) is 0 Å². The Bertz CT molecular complexity index is 315. The zero-order valence-corrected chi connectivity index (χ0v) is 13.6. The summed E-state index contributed by atoms with van der Waals surface area (Å²) in [4.78, 5) is 5.12. The van der Waals surface area contributed by atoms with Crippen LogP contribution in [0.4, 0.5) is 0 Å². The molecule has 1 aliphatic heterocycles. The highest BCUT2D eigenvalue weighted by atomic mass is 15.3. The molecule has 0 aromatic carbocycles. The topological polar surface area (TPSA) is 32.5 Å². The summed E-state index contributed by atoms with van der Waals surface area (Å²) < 4.78 is 0. The maximum absolute atomic E-state index is 6.23. The van der Waals surface area contributed by atoms with E-state index in [0.717, 1.165) is 12.6 Å². The zero-order valence-electron chi connectivity index (χ0n) is 13.6. The van der Waals surface area contributed by atoms with Crippen LogP contribution in [0, 0.1) is 11.3 Å². The van der Waals surface area contributed by atoms with Gasteiger partial charge in [-0.05, 0) is 57.7 Å². The molecule has 2 N–H and O–H groups in total. The number of nitrogens with two attached hydrogens (primary N) is 1. The van der Waals surface area contributed by atoms with Crippen LogP contribution in [0.5, 0.6) is 0 Å². The molecule has 3 nitrogen and oxygen atoms in total. The van der Waals surface area contributed by atoms with Crippen molar-refractivity contribution >= 4 is 0 Å². The summed E-state index contributed by atoms with van der Waals surface area (Å²) in [5.74, 6) is 0.698. The first kappa shape index (κ1) is 15.3. The summed E-state index contributed by atoms with van der Waals surface area (Å²) in [5, 5.41) is 0. The van der Waals surface area contributed by atoms with Crippen molar-refractivity contribution in [3.05, 3.63) is 0 Å². The molecule has 1 heterocycles. The van der Waals surface area contributed by atoms with E-state index >= 15 is 0 Å². The van der Waals surface area contributed by atoms with Crippen molar-refractivity contribution in [3.63, 3.8) is 0 Å². The van der Waals surface area contributed by atoms with Gasteiger partial charge in [-0.3, -0.25) is 4.90 Å². The molecule has 3 unspecified atom stereocenters. The molecule has 0 radical (unpaired) electrons. The first-order chi connectivity index (χ1) is 8.81. The van der Waals surface area contributed by atoms with E-state index in [1.54, 1.807) is 0 Å². The highest BCUT2D eigenvalue weighted by Gasteiger charge is 2.50. The standard InChI is InChI=1S/C16H33N3/c1-13-9-15(2,3)11-16(13,12-17)19(5)10-14-7-6-8-18(14)4/h13-14H,6-12,17H2,1-5H3. The Kier molecular flexibility index (Phi) is 4.29. The van der Waals surface area contributed by atoms with Gasteiger partial charge in [-0.1, -0.05) is 20.8 Å². The molecule has 19 heavy (non-hydrogen) atoms. The normalized spacial score (nSPS) is 39.3. The molecular formula is C16H33N3. The second-order valence-electron chi connectivity index (χ2n) is 7.91. The Morgan fingerprint density at radius 3 is 2.47 bits per heavy atom. The van der Waals surface area contributed by atoms with Crippen LogP contribution in [0.15, 0.2) is 0 Å². The molecule has 0 aromatic heterocycles. The monoisotopic (exact) mass is 267 g/mol. The third-order valence-electron chi connectivity index (χ3n) is 5.83. The second kappa shape index (κ2) is 5.34. The molecule has 1 aliphatic carbocycles. The minimum absolute atomic E-state index is 0.215. The predicted octanol–water partition coefficient (Wildman–Crippen LogP) is 2.17. The summed E-state index contributed by atoms with van der Waals surface area (Å²) in [7, 11) is 4.57. The van der Waals surface area contributed by atoms with Gasteiger partial charge in [0.15, 0.2) is 0 Å². The number of hydrogen-bond donors (Lipinski definition) is 1. The molecule has 2 fully saturated rings. The minimum atomic E-state index is 0.215. The van der Waals surface area contributed by atoms with Crippen LogP contribution in [-0.2, 0) is 0 Å². The highest BCUT2D eigenvalue weighted by Crippen LogP contribution is 2.49. The van der Waals surface area contributed by atoms with Gasteiger partial charge >= 0.3 is 0 Å². The maximum Gasteiger partial charge on any atom is 0.0360 e. The van der Waals surface area contributed by atoms with Crippen molar-refractivity contribution in [2.45, 2.75) is 58.0 Å². The fourth-order valence-electron chi connectivity index (χ4n) is 4.74. The number of hydrogen-bond acceptors (Lipinski definition) is 3. The van der Waals surface area contributed by atoms with Crippen LogP contribution < -0.4 is 5.73 Å². The van der Waals surface area contributed by atoms with Crippen LogP contribution in [0.25, 0.3) is 0 Å². The smallest absolute Gasteiger partial charge is 0.0360 e. The van der Waals surface area contributed by atoms with Gasteiger partial charge in [-0.2, -0.15) is 0 Å². The first-order valence-electron chi connectivity index (χ1n) is 7.92. The Hall–Kier alpha value is -0.120. The van der Waals surface area contributed by atoms with Gasteiger partial charge in [0, 0.05) is 24.7 Å². The second-order valence-corrected chi connectivity index (χ2v) is 7.91. The number of rotatable bonds is 4. The van der Waals surface area contributed by atoms with Gasteiger partial charge < -0.3 is 10.6 Å². The first-order valence-corrected chi connectivity index (χ1v) is 7.92. The lowest BCUT2D eigenvalue weighted by atomic mass is 9.84. The van der Waals surface area contributed by atoms with Crippen molar-refractivity contribution in [2.24, 2.45) is 17.1 Å². The summed E-state index contributed by atoms with van der Waals surface area (Å²) in [5.41, 5.74) is 6.89. The van der Waals surface area contributed by atoms with Crippen molar-refractivity contribution < 1.29 is 0 Å². The summed E-state index contributed by atoms with van der Waals surface area (Å²) in [6, 6.07) is 0.726. The predicted molar refractivity (Wildman–Crippen MR) is 82.2 cm³/mol. The number of likely N-dealkylation sites (N-methyl/N-ethyl adjacent to an activating group) is 2. The van der Waals surface area contributed by atoms with Crippen LogP contribution in [0.1, 0.15) is 46.5 Å². The fraction of sp³-hybridized carbons (Fsp3) is 1.00. The average Bonchev–Trinajstić information content (AvgIpc) is 2.81. The van der Waals surface area contributed by atoms with Crippen LogP contribution >= 0.6 is 0 Å². The van der Waals surface area contributed by atoms with E-state index in [9.17, 15) is 0 Å². The molecule has 112 valence electrons. The third-order valence-corrected chi connectivity index (χ3v) is 5.83. The third kappa shape index (κ3) is 2.84. The van der Waals surface area contributed by atoms with Crippen molar-refractivity contribution in [1.82, 2.24) is 9.80 Å². The lowest BCUT2D eigenvalue weighted by Crippen LogP contribution is -2.57. The Morgan fingerprint density at radius 1 is 1.37 bits per heavy atom. The molecular weight excluding hydrogens is 234 g/mol. The summed E-state index contributed by atoms with van der Waals surface area (Å²) >= 11 is 0. The van der Waals surface area contributed by atoms with E-state index in [4.69, 9.17) is 5.73 Å². The van der Waals surface area contributed by atoms with Gasteiger partial charge in [-0.15, -0.1) is 0 Å². The molecule has 0 spiro atoms. The lowest BCUT2D eigenvalue weighted by molar-refractivity contribution is 0.0638. The van der Waals surface area contributed by atoms with E-state index in [1.807, 2.05) is 0 Å². The SMILES string of the molecule is CC1CC(C)(C)CC1(CN)N(C)CC1CCCN1C. The maximum atomic E-state index is 6.23. The van der Waals surface area contributed by atoms with Gasteiger partial charge in [0.2, 0.25) is 0 Å². The van der Waals surface area contributed by atoms with Crippen LogP contribution in [0.3, 0.4) is 0 Å². The Labute approximate surface area is 119 Å². The molecule has 1 saturated carbocycles. The molecule has 2 rings (SSSR count). The average molecular weight is 267 g/mol. The molecule has 0 amide bonds. The molecule has 0 aromatic rings. The van der Waals surface area contributed by atoms with Gasteiger partial charge in [0.25, 0.3) is 0 Å². The number of nitrogens with zero attached hydrogens (tertiary/aromatic N) is 2. The van der Waals surface area contributed by atoms with E-state index < -0.39 is 0 Å².